The molecule has 1 aromatic rings. The van der Waals surface area contributed by atoms with Crippen LogP contribution in [0.4, 0.5) is 10.1 Å². The molecule has 1 aliphatic heterocycles. The predicted molar refractivity (Wildman–Crippen MR) is 98.7 cm³/mol. The molecular weight excluding hydrogens is 353 g/mol. The first-order valence-electron chi connectivity index (χ1n) is 9.17. The van der Waals surface area contributed by atoms with Crippen LogP contribution in [0.2, 0.25) is 0 Å². The van der Waals surface area contributed by atoms with Gasteiger partial charge in [0.15, 0.2) is 0 Å². The minimum atomic E-state index is -1.60. The maximum absolute atomic E-state index is 13.1. The molecule has 0 radical (unpaired) electrons. The number of carbonyl (C=O) groups is 2. The van der Waals surface area contributed by atoms with Crippen molar-refractivity contribution in [2.24, 2.45) is 11.8 Å². The van der Waals surface area contributed by atoms with Gasteiger partial charge in [-0.3, -0.25) is 14.8 Å². The molecule has 3 N–H and O–H groups in total. The molecule has 0 unspecified atom stereocenters. The molecule has 150 valence electrons. The number of hydrogen-bond donors (Lipinski definition) is 3. The van der Waals surface area contributed by atoms with Crippen molar-refractivity contribution in [3.63, 3.8) is 0 Å². The van der Waals surface area contributed by atoms with Gasteiger partial charge in [-0.25, -0.2) is 9.87 Å². The van der Waals surface area contributed by atoms with Gasteiger partial charge in [-0.1, -0.05) is 13.8 Å². The Balaban J connectivity index is 2.10. The van der Waals surface area contributed by atoms with E-state index >= 15 is 0 Å². The number of amides is 2. The Morgan fingerprint density at radius 3 is 2.41 bits per heavy atom. The van der Waals surface area contributed by atoms with Gasteiger partial charge in [0, 0.05) is 31.4 Å². The Labute approximate surface area is 158 Å². The first kappa shape index (κ1) is 21.1. The number of aliphatic hydroxyl groups is 1. The minimum Gasteiger partial charge on any atom is -0.382 e. The summed E-state index contributed by atoms with van der Waals surface area (Å²) in [6.45, 7) is 7.27. The molecule has 0 aliphatic carbocycles. The molecular formula is C19H28FN3O4. The van der Waals surface area contributed by atoms with Gasteiger partial charge < -0.3 is 14.9 Å². The highest BCUT2D eigenvalue weighted by atomic mass is 19.1. The molecule has 0 bridgehead atoms. The normalized spacial score (nSPS) is 19.7. The van der Waals surface area contributed by atoms with Crippen LogP contribution in [0.1, 0.15) is 27.2 Å². The van der Waals surface area contributed by atoms with Crippen LogP contribution in [0.25, 0.3) is 0 Å². The second-order valence-electron chi connectivity index (χ2n) is 7.46. The van der Waals surface area contributed by atoms with Gasteiger partial charge in [0.25, 0.3) is 5.91 Å². The highest BCUT2D eigenvalue weighted by Crippen LogP contribution is 2.24. The van der Waals surface area contributed by atoms with E-state index in [0.29, 0.717) is 26.1 Å². The number of nitrogens with zero attached hydrogens (tertiary/aromatic N) is 2. The number of benzene rings is 1. The summed E-state index contributed by atoms with van der Waals surface area (Å²) in [5.74, 6) is -2.40. The van der Waals surface area contributed by atoms with Gasteiger partial charge in [0.05, 0.1) is 5.92 Å². The summed E-state index contributed by atoms with van der Waals surface area (Å²) >= 11 is 0. The lowest BCUT2D eigenvalue weighted by atomic mass is 9.89. The zero-order valence-electron chi connectivity index (χ0n) is 15.9. The lowest BCUT2D eigenvalue weighted by molar-refractivity contribution is -0.152. The predicted octanol–water partition coefficient (Wildman–Crippen LogP) is 1.39. The van der Waals surface area contributed by atoms with Crippen molar-refractivity contribution in [2.75, 3.05) is 24.5 Å². The van der Waals surface area contributed by atoms with Crippen LogP contribution in [-0.2, 0) is 9.59 Å². The van der Waals surface area contributed by atoms with E-state index in [1.807, 2.05) is 20.8 Å². The average Bonchev–Trinajstić information content (AvgIpc) is 2.64. The summed E-state index contributed by atoms with van der Waals surface area (Å²) in [6, 6.07) is 6.07. The van der Waals surface area contributed by atoms with E-state index in [-0.39, 0.29) is 23.7 Å². The van der Waals surface area contributed by atoms with Crippen molar-refractivity contribution in [1.82, 2.24) is 10.4 Å². The Hall–Kier alpha value is -2.19. The maximum atomic E-state index is 13.1. The van der Waals surface area contributed by atoms with Gasteiger partial charge in [0.1, 0.15) is 11.9 Å². The molecule has 1 fully saturated rings. The molecule has 1 aliphatic rings. The molecule has 3 atom stereocenters. The van der Waals surface area contributed by atoms with Crippen molar-refractivity contribution in [1.29, 1.82) is 0 Å². The summed E-state index contributed by atoms with van der Waals surface area (Å²) in [6.07, 6.45) is -1.27. The first-order chi connectivity index (χ1) is 12.7. The quantitative estimate of drug-likeness (QED) is 0.512. The number of piperazine rings is 1. The van der Waals surface area contributed by atoms with Crippen LogP contribution in [0.5, 0.6) is 0 Å². The SMILES string of the molecule is CC(C)C[C@H](C(=O)N1CCN(c2ccc(F)cc2)C[C@H]1C)[C@H](O)C(=O)NO. The monoisotopic (exact) mass is 381 g/mol. The van der Waals surface area contributed by atoms with Gasteiger partial charge in [-0.2, -0.15) is 0 Å². The van der Waals surface area contributed by atoms with Gasteiger partial charge >= 0.3 is 0 Å². The Morgan fingerprint density at radius 2 is 1.89 bits per heavy atom. The fraction of sp³-hybridized carbons (Fsp3) is 0.579. The number of halogens is 1. The summed E-state index contributed by atoms with van der Waals surface area (Å²) in [5, 5.41) is 19.0. The molecule has 1 heterocycles. The summed E-state index contributed by atoms with van der Waals surface area (Å²) < 4.78 is 13.1. The third-order valence-electron chi connectivity index (χ3n) is 4.90. The molecule has 0 spiro atoms. The summed E-state index contributed by atoms with van der Waals surface area (Å²) in [7, 11) is 0. The van der Waals surface area contributed by atoms with Gasteiger partial charge in [0.2, 0.25) is 5.91 Å². The largest absolute Gasteiger partial charge is 0.382 e. The number of nitrogens with one attached hydrogen (secondary N) is 1. The molecule has 1 saturated heterocycles. The van der Waals surface area contributed by atoms with Crippen molar-refractivity contribution in [3.05, 3.63) is 30.1 Å². The molecule has 7 nitrogen and oxygen atoms in total. The highest BCUT2D eigenvalue weighted by Gasteiger charge is 2.38. The van der Waals surface area contributed by atoms with Crippen molar-refractivity contribution in [2.45, 2.75) is 39.3 Å². The number of carbonyl (C=O) groups excluding carboxylic acids is 2. The van der Waals surface area contributed by atoms with Crippen molar-refractivity contribution in [3.8, 4) is 0 Å². The third kappa shape index (κ3) is 5.17. The minimum absolute atomic E-state index is 0.0934. The highest BCUT2D eigenvalue weighted by molar-refractivity contribution is 5.89. The van der Waals surface area contributed by atoms with E-state index in [9.17, 15) is 19.1 Å². The lowest BCUT2D eigenvalue weighted by Gasteiger charge is -2.42. The topological polar surface area (TPSA) is 93.1 Å². The van der Waals surface area contributed by atoms with Crippen LogP contribution in [0, 0.1) is 17.7 Å². The van der Waals surface area contributed by atoms with Gasteiger partial charge in [-0.05, 0) is 43.5 Å². The Kier molecular flexibility index (Phi) is 7.15. The van der Waals surface area contributed by atoms with E-state index in [0.717, 1.165) is 5.69 Å². The molecule has 2 rings (SSSR count). The number of aliphatic hydroxyl groups excluding tert-OH is 1. The van der Waals surface area contributed by atoms with Crippen LogP contribution >= 0.6 is 0 Å². The lowest BCUT2D eigenvalue weighted by Crippen LogP contribution is -2.57. The molecule has 0 saturated carbocycles. The van der Waals surface area contributed by atoms with E-state index in [1.54, 1.807) is 17.0 Å². The summed E-state index contributed by atoms with van der Waals surface area (Å²) in [4.78, 5) is 28.4. The van der Waals surface area contributed by atoms with Crippen molar-refractivity contribution >= 4 is 17.5 Å². The van der Waals surface area contributed by atoms with E-state index < -0.39 is 17.9 Å². The smallest absolute Gasteiger partial charge is 0.272 e. The number of hydroxylamine groups is 1. The first-order valence-corrected chi connectivity index (χ1v) is 9.17. The fourth-order valence-corrected chi connectivity index (χ4v) is 3.51. The zero-order valence-corrected chi connectivity index (χ0v) is 15.9. The molecule has 27 heavy (non-hydrogen) atoms. The van der Waals surface area contributed by atoms with Crippen molar-refractivity contribution < 1.29 is 24.3 Å². The second-order valence-corrected chi connectivity index (χ2v) is 7.46. The Bertz CT molecular complexity index is 653. The van der Waals surface area contributed by atoms with Crippen LogP contribution in [0.3, 0.4) is 0 Å². The third-order valence-corrected chi connectivity index (χ3v) is 4.90. The molecule has 2 amide bonds. The zero-order chi connectivity index (χ0) is 20.1. The number of hydrogen-bond acceptors (Lipinski definition) is 5. The average molecular weight is 381 g/mol. The van der Waals surface area contributed by atoms with Crippen LogP contribution in [-0.4, -0.2) is 58.8 Å². The number of rotatable bonds is 6. The molecule has 8 heteroatoms. The van der Waals surface area contributed by atoms with Crippen LogP contribution in [0.15, 0.2) is 24.3 Å². The molecule has 0 aromatic heterocycles. The maximum Gasteiger partial charge on any atom is 0.272 e. The molecule has 1 aromatic carbocycles. The second kappa shape index (κ2) is 9.14. The van der Waals surface area contributed by atoms with Gasteiger partial charge in [-0.15, -0.1) is 0 Å². The van der Waals surface area contributed by atoms with Crippen LogP contribution < -0.4 is 10.4 Å². The number of anilines is 1. The van der Waals surface area contributed by atoms with E-state index in [4.69, 9.17) is 5.21 Å². The summed E-state index contributed by atoms with van der Waals surface area (Å²) in [5.41, 5.74) is 2.31. The van der Waals surface area contributed by atoms with E-state index in [1.165, 1.54) is 17.6 Å². The Morgan fingerprint density at radius 1 is 1.26 bits per heavy atom. The fourth-order valence-electron chi connectivity index (χ4n) is 3.51. The standard InChI is InChI=1S/C19H28FN3O4/c1-12(2)10-16(17(24)18(25)21-27)19(26)23-9-8-22(11-13(23)3)15-6-4-14(20)5-7-15/h4-7,12-13,16-17,24,27H,8-11H2,1-3H3,(H,21,25)/t13-,16+,17+/m1/s1. The van der Waals surface area contributed by atoms with E-state index in [2.05, 4.69) is 4.90 Å².